The van der Waals surface area contributed by atoms with E-state index in [9.17, 15) is 4.79 Å². The Morgan fingerprint density at radius 2 is 1.87 bits per heavy atom. The van der Waals surface area contributed by atoms with Gasteiger partial charge in [-0.15, -0.1) is 11.3 Å². The average molecular weight is 423 g/mol. The molecule has 0 spiro atoms. The molecule has 3 aromatic rings. The van der Waals surface area contributed by atoms with Crippen LogP contribution in [0.3, 0.4) is 0 Å². The van der Waals surface area contributed by atoms with Crippen molar-refractivity contribution in [1.82, 2.24) is 25.1 Å². The van der Waals surface area contributed by atoms with Gasteiger partial charge >= 0.3 is 6.03 Å². The molecule has 2 amide bonds. The number of carbonyl (C=O) groups excluding carboxylic acids is 1. The van der Waals surface area contributed by atoms with Crippen LogP contribution in [0.15, 0.2) is 54.2 Å². The Balaban J connectivity index is 1.23. The third-order valence-corrected chi connectivity index (χ3v) is 5.92. The van der Waals surface area contributed by atoms with Gasteiger partial charge in [-0.1, -0.05) is 24.3 Å². The molecule has 3 heterocycles. The molecule has 7 nitrogen and oxygen atoms in total. The zero-order valence-electron chi connectivity index (χ0n) is 17.0. The molecule has 2 N–H and O–H groups in total. The van der Waals surface area contributed by atoms with Crippen LogP contribution >= 0.6 is 11.3 Å². The number of aromatic nitrogens is 2. The van der Waals surface area contributed by atoms with E-state index in [-0.39, 0.29) is 6.03 Å². The van der Waals surface area contributed by atoms with E-state index in [0.717, 1.165) is 49.5 Å². The molecule has 0 atom stereocenters. The van der Waals surface area contributed by atoms with Crippen LogP contribution in [0.25, 0.3) is 11.3 Å². The molecule has 1 saturated heterocycles. The summed E-state index contributed by atoms with van der Waals surface area (Å²) in [6.07, 6.45) is 3.48. The first-order chi connectivity index (χ1) is 14.7. The van der Waals surface area contributed by atoms with Crippen LogP contribution in [-0.2, 0) is 13.1 Å². The second kappa shape index (κ2) is 9.80. The van der Waals surface area contributed by atoms with Crippen LogP contribution in [0.1, 0.15) is 11.1 Å². The lowest BCUT2D eigenvalue weighted by Crippen LogP contribution is -2.43. The maximum Gasteiger partial charge on any atom is 0.321 e. The first kappa shape index (κ1) is 20.5. The molecule has 0 bridgehead atoms. The van der Waals surface area contributed by atoms with E-state index in [1.165, 1.54) is 16.9 Å². The molecule has 8 heteroatoms. The smallest absolute Gasteiger partial charge is 0.321 e. The van der Waals surface area contributed by atoms with Crippen molar-refractivity contribution in [1.29, 1.82) is 0 Å². The van der Waals surface area contributed by atoms with Gasteiger partial charge in [-0.3, -0.25) is 15.2 Å². The monoisotopic (exact) mass is 422 g/mol. The van der Waals surface area contributed by atoms with Crippen molar-refractivity contribution in [3.63, 3.8) is 0 Å². The molecular formula is C22H26N6OS. The number of hydrogen-bond acceptors (Lipinski definition) is 6. The number of benzene rings is 1. The molecular weight excluding hydrogens is 396 g/mol. The van der Waals surface area contributed by atoms with Gasteiger partial charge in [0.1, 0.15) is 0 Å². The molecule has 1 fully saturated rings. The van der Waals surface area contributed by atoms with Crippen molar-refractivity contribution >= 4 is 22.5 Å². The van der Waals surface area contributed by atoms with Gasteiger partial charge in [-0.25, -0.2) is 9.78 Å². The van der Waals surface area contributed by atoms with Crippen molar-refractivity contribution < 1.29 is 4.79 Å². The third-order valence-electron chi connectivity index (χ3n) is 5.16. The van der Waals surface area contributed by atoms with Gasteiger partial charge in [0.2, 0.25) is 0 Å². The molecule has 1 aromatic carbocycles. The number of piperazine rings is 1. The molecule has 30 heavy (non-hydrogen) atoms. The van der Waals surface area contributed by atoms with E-state index in [4.69, 9.17) is 0 Å². The minimum atomic E-state index is -0.261. The Labute approximate surface area is 180 Å². The van der Waals surface area contributed by atoms with E-state index >= 15 is 0 Å². The van der Waals surface area contributed by atoms with Gasteiger partial charge < -0.3 is 10.2 Å². The number of pyridine rings is 1. The fourth-order valence-corrected chi connectivity index (χ4v) is 4.04. The predicted octanol–water partition coefficient (Wildman–Crippen LogP) is 3.27. The van der Waals surface area contributed by atoms with E-state index < -0.39 is 0 Å². The van der Waals surface area contributed by atoms with E-state index in [0.29, 0.717) is 11.7 Å². The largest absolute Gasteiger partial charge is 0.334 e. The topological polar surface area (TPSA) is 73.4 Å². The van der Waals surface area contributed by atoms with E-state index in [1.54, 1.807) is 12.4 Å². The molecule has 0 saturated carbocycles. The lowest BCUT2D eigenvalue weighted by atomic mass is 10.1. The predicted molar refractivity (Wildman–Crippen MR) is 120 cm³/mol. The second-order valence-electron chi connectivity index (χ2n) is 7.48. The molecule has 0 aliphatic carbocycles. The summed E-state index contributed by atoms with van der Waals surface area (Å²) < 4.78 is 0. The third kappa shape index (κ3) is 5.63. The van der Waals surface area contributed by atoms with Crippen molar-refractivity contribution in [3.8, 4) is 11.3 Å². The Hall–Kier alpha value is -2.81. The Morgan fingerprint density at radius 1 is 1.10 bits per heavy atom. The number of anilines is 1. The highest BCUT2D eigenvalue weighted by Crippen LogP contribution is 2.23. The van der Waals surface area contributed by atoms with Crippen molar-refractivity contribution in [2.24, 2.45) is 0 Å². The van der Waals surface area contributed by atoms with E-state index in [2.05, 4.69) is 61.7 Å². The summed E-state index contributed by atoms with van der Waals surface area (Å²) in [6.45, 7) is 5.92. The summed E-state index contributed by atoms with van der Waals surface area (Å²) in [5, 5.41) is 8.16. The molecule has 0 unspecified atom stereocenters. The average Bonchev–Trinajstić information content (AvgIpc) is 3.24. The Kier molecular flexibility index (Phi) is 6.68. The highest BCUT2D eigenvalue weighted by atomic mass is 32.1. The highest BCUT2D eigenvalue weighted by Gasteiger charge is 2.13. The fourth-order valence-electron chi connectivity index (χ4n) is 3.33. The van der Waals surface area contributed by atoms with Crippen LogP contribution in [-0.4, -0.2) is 59.0 Å². The standard InChI is InChI=1S/C22H26N6OS/c1-27-9-11-28(12-10-27)15-18-6-4-17(5-7-18)13-24-21(29)26-22-25-20(16-30-22)19-3-2-8-23-14-19/h2-8,14,16H,9-13,15H2,1H3,(H2,24,25,26,29). The van der Waals surface area contributed by atoms with Crippen molar-refractivity contribution in [2.45, 2.75) is 13.1 Å². The Bertz CT molecular complexity index is 951. The first-order valence-electron chi connectivity index (χ1n) is 10.1. The van der Waals surface area contributed by atoms with Crippen molar-refractivity contribution in [3.05, 3.63) is 65.3 Å². The number of amides is 2. The summed E-state index contributed by atoms with van der Waals surface area (Å²) in [7, 11) is 2.17. The van der Waals surface area contributed by atoms with Gasteiger partial charge in [0.25, 0.3) is 0 Å². The fraction of sp³-hybridized carbons (Fsp3) is 0.318. The number of carbonyl (C=O) groups is 1. The number of hydrogen-bond donors (Lipinski definition) is 2. The number of rotatable bonds is 6. The maximum absolute atomic E-state index is 12.2. The van der Waals surface area contributed by atoms with Gasteiger partial charge in [-0.05, 0) is 30.3 Å². The van der Waals surface area contributed by atoms with Crippen molar-refractivity contribution in [2.75, 3.05) is 38.5 Å². The summed E-state index contributed by atoms with van der Waals surface area (Å²) in [4.78, 5) is 25.6. The SMILES string of the molecule is CN1CCN(Cc2ccc(CNC(=O)Nc3nc(-c4cccnc4)cs3)cc2)CC1. The highest BCUT2D eigenvalue weighted by molar-refractivity contribution is 7.14. The summed E-state index contributed by atoms with van der Waals surface area (Å²) in [5.41, 5.74) is 4.11. The second-order valence-corrected chi connectivity index (χ2v) is 8.34. The Morgan fingerprint density at radius 3 is 2.60 bits per heavy atom. The molecule has 2 aromatic heterocycles. The van der Waals surface area contributed by atoms with Crippen LogP contribution < -0.4 is 10.6 Å². The van der Waals surface area contributed by atoms with Crippen LogP contribution in [0.4, 0.5) is 9.93 Å². The number of likely N-dealkylation sites (N-methyl/N-ethyl adjacent to an activating group) is 1. The summed E-state index contributed by atoms with van der Waals surface area (Å²) in [5.74, 6) is 0. The lowest BCUT2D eigenvalue weighted by molar-refractivity contribution is 0.148. The number of urea groups is 1. The number of thiazole rings is 1. The van der Waals surface area contributed by atoms with Crippen LogP contribution in [0, 0.1) is 0 Å². The van der Waals surface area contributed by atoms with Gasteiger partial charge in [0.05, 0.1) is 5.69 Å². The van der Waals surface area contributed by atoms with Gasteiger partial charge in [0.15, 0.2) is 5.13 Å². The maximum atomic E-state index is 12.2. The minimum Gasteiger partial charge on any atom is -0.334 e. The zero-order chi connectivity index (χ0) is 20.8. The quantitative estimate of drug-likeness (QED) is 0.638. The normalized spacial score (nSPS) is 15.1. The zero-order valence-corrected chi connectivity index (χ0v) is 17.9. The van der Waals surface area contributed by atoms with E-state index in [1.807, 2.05) is 17.5 Å². The molecule has 156 valence electrons. The van der Waals surface area contributed by atoms with Crippen LogP contribution in [0.5, 0.6) is 0 Å². The molecule has 1 aliphatic rings. The van der Waals surface area contributed by atoms with Gasteiger partial charge in [0, 0.05) is 62.6 Å². The number of nitrogens with one attached hydrogen (secondary N) is 2. The number of nitrogens with zero attached hydrogens (tertiary/aromatic N) is 4. The lowest BCUT2D eigenvalue weighted by Gasteiger charge is -2.32. The minimum absolute atomic E-state index is 0.261. The molecule has 1 aliphatic heterocycles. The van der Waals surface area contributed by atoms with Gasteiger partial charge in [-0.2, -0.15) is 0 Å². The summed E-state index contributed by atoms with van der Waals surface area (Å²) >= 11 is 1.39. The molecule has 4 rings (SSSR count). The summed E-state index contributed by atoms with van der Waals surface area (Å²) in [6, 6.07) is 12.0. The molecule has 0 radical (unpaired) electrons. The first-order valence-corrected chi connectivity index (χ1v) is 10.9. The van der Waals surface area contributed by atoms with Crippen LogP contribution in [0.2, 0.25) is 0 Å².